The van der Waals surface area contributed by atoms with Crippen molar-refractivity contribution >= 4 is 35.3 Å². The van der Waals surface area contributed by atoms with Gasteiger partial charge in [-0.25, -0.2) is 9.69 Å². The second kappa shape index (κ2) is 8.68. The van der Waals surface area contributed by atoms with Crippen LogP contribution in [0.3, 0.4) is 0 Å². The zero-order valence-corrected chi connectivity index (χ0v) is 20.0. The number of rotatable bonds is 4. The van der Waals surface area contributed by atoms with Crippen molar-refractivity contribution in [2.45, 2.75) is 34.6 Å². The summed E-state index contributed by atoms with van der Waals surface area (Å²) in [6.07, 6.45) is 1.45. The molecule has 0 spiro atoms. The van der Waals surface area contributed by atoms with Gasteiger partial charge in [0.2, 0.25) is 0 Å². The molecular formula is C26H24N4O5. The Morgan fingerprint density at radius 2 is 1.54 bits per heavy atom. The molecule has 0 bridgehead atoms. The van der Waals surface area contributed by atoms with Crippen molar-refractivity contribution < 1.29 is 19.3 Å². The van der Waals surface area contributed by atoms with Gasteiger partial charge in [-0.15, -0.1) is 0 Å². The van der Waals surface area contributed by atoms with Crippen LogP contribution in [0.15, 0.2) is 48.0 Å². The molecule has 4 amide bonds. The lowest BCUT2D eigenvalue weighted by atomic mass is 10.1. The number of hydrogen-bond donors (Lipinski definition) is 1. The number of benzene rings is 2. The standard InChI is InChI=1S/C26H24N4O5/c1-14-8-15(2)10-21(9-14)29-25(32)22(24(31)27-26(29)33)12-19-11-17(4)28(18(19)5)20-7-6-16(3)23(13-20)30(34)35/h6-13H,1-5H3,(H,27,31,33). The summed E-state index contributed by atoms with van der Waals surface area (Å²) in [5.74, 6) is -1.50. The smallest absolute Gasteiger partial charge is 0.318 e. The van der Waals surface area contributed by atoms with Crippen LogP contribution in [-0.2, 0) is 9.59 Å². The Hall–Kier alpha value is -4.53. The molecule has 0 atom stereocenters. The molecule has 1 aliphatic heterocycles. The molecule has 2 heterocycles. The average molecular weight is 473 g/mol. The number of amides is 4. The van der Waals surface area contributed by atoms with Gasteiger partial charge in [0.1, 0.15) is 5.57 Å². The number of imide groups is 2. The highest BCUT2D eigenvalue weighted by Crippen LogP contribution is 2.29. The van der Waals surface area contributed by atoms with Gasteiger partial charge >= 0.3 is 6.03 Å². The Bertz CT molecular complexity index is 1440. The number of aryl methyl sites for hydroxylation is 4. The van der Waals surface area contributed by atoms with Crippen molar-refractivity contribution in [1.29, 1.82) is 0 Å². The third-order valence-corrected chi connectivity index (χ3v) is 5.98. The molecule has 1 saturated heterocycles. The molecule has 1 aromatic heterocycles. The number of anilines is 1. The third kappa shape index (κ3) is 4.23. The van der Waals surface area contributed by atoms with Gasteiger partial charge in [0, 0.05) is 23.0 Å². The van der Waals surface area contributed by atoms with E-state index < -0.39 is 22.8 Å². The van der Waals surface area contributed by atoms with Gasteiger partial charge in [-0.1, -0.05) is 12.1 Å². The van der Waals surface area contributed by atoms with Crippen LogP contribution in [0.2, 0.25) is 0 Å². The molecule has 35 heavy (non-hydrogen) atoms. The molecule has 1 aliphatic rings. The van der Waals surface area contributed by atoms with E-state index in [9.17, 15) is 24.5 Å². The minimum absolute atomic E-state index is 0.000608. The fraction of sp³-hybridized carbons (Fsp3) is 0.192. The Labute approximate surface area is 201 Å². The third-order valence-electron chi connectivity index (χ3n) is 5.98. The molecule has 1 N–H and O–H groups in total. The summed E-state index contributed by atoms with van der Waals surface area (Å²) < 4.78 is 1.82. The van der Waals surface area contributed by atoms with Gasteiger partial charge in [0.05, 0.1) is 16.3 Å². The fourth-order valence-corrected chi connectivity index (χ4v) is 4.39. The number of nitro benzene ring substituents is 1. The lowest BCUT2D eigenvalue weighted by molar-refractivity contribution is -0.385. The Kier molecular flexibility index (Phi) is 5.86. The SMILES string of the molecule is Cc1cc(C)cc(N2C(=O)NC(=O)C(=Cc3cc(C)n(-c4ccc(C)c([N+](=O)[O-])c4)c3C)C2=O)c1. The number of urea groups is 1. The number of hydrogen-bond acceptors (Lipinski definition) is 5. The van der Waals surface area contributed by atoms with E-state index in [2.05, 4.69) is 5.32 Å². The van der Waals surface area contributed by atoms with Crippen molar-refractivity contribution in [1.82, 2.24) is 9.88 Å². The topological polar surface area (TPSA) is 115 Å². The predicted molar refractivity (Wildman–Crippen MR) is 132 cm³/mol. The highest BCUT2D eigenvalue weighted by Gasteiger charge is 2.37. The number of carbonyl (C=O) groups is 3. The van der Waals surface area contributed by atoms with E-state index in [1.54, 1.807) is 44.2 Å². The van der Waals surface area contributed by atoms with E-state index >= 15 is 0 Å². The molecule has 9 heteroatoms. The maximum Gasteiger partial charge on any atom is 0.335 e. The first-order valence-corrected chi connectivity index (χ1v) is 10.9. The molecule has 0 saturated carbocycles. The zero-order valence-electron chi connectivity index (χ0n) is 20.0. The highest BCUT2D eigenvalue weighted by atomic mass is 16.6. The van der Waals surface area contributed by atoms with Crippen LogP contribution >= 0.6 is 0 Å². The molecule has 178 valence electrons. The zero-order chi connectivity index (χ0) is 25.6. The van der Waals surface area contributed by atoms with E-state index in [1.807, 2.05) is 31.4 Å². The number of nitro groups is 1. The van der Waals surface area contributed by atoms with Gasteiger partial charge in [-0.3, -0.25) is 25.0 Å². The van der Waals surface area contributed by atoms with Crippen LogP contribution in [0, 0.1) is 44.7 Å². The average Bonchev–Trinajstić information content (AvgIpc) is 3.03. The van der Waals surface area contributed by atoms with E-state index in [4.69, 9.17) is 0 Å². The normalized spacial score (nSPS) is 15.1. The van der Waals surface area contributed by atoms with E-state index in [1.165, 1.54) is 12.1 Å². The second-order valence-corrected chi connectivity index (χ2v) is 8.69. The Morgan fingerprint density at radius 1 is 0.886 bits per heavy atom. The molecule has 0 aliphatic carbocycles. The number of nitrogens with one attached hydrogen (secondary N) is 1. The van der Waals surface area contributed by atoms with Crippen LogP contribution in [0.4, 0.5) is 16.2 Å². The quantitative estimate of drug-likeness (QED) is 0.258. The summed E-state index contributed by atoms with van der Waals surface area (Å²) in [6, 6.07) is 11.2. The van der Waals surface area contributed by atoms with E-state index in [0.29, 0.717) is 28.2 Å². The maximum absolute atomic E-state index is 13.3. The van der Waals surface area contributed by atoms with Gasteiger partial charge in [-0.05, 0) is 81.7 Å². The fourth-order valence-electron chi connectivity index (χ4n) is 4.39. The predicted octanol–water partition coefficient (Wildman–Crippen LogP) is 4.59. The Morgan fingerprint density at radius 3 is 2.17 bits per heavy atom. The minimum atomic E-state index is -0.806. The summed E-state index contributed by atoms with van der Waals surface area (Å²) in [5.41, 5.74) is 5.11. The summed E-state index contributed by atoms with van der Waals surface area (Å²) in [5, 5.41) is 13.6. The first-order chi connectivity index (χ1) is 16.5. The van der Waals surface area contributed by atoms with Crippen molar-refractivity contribution in [3.63, 3.8) is 0 Å². The van der Waals surface area contributed by atoms with Gasteiger partial charge in [0.25, 0.3) is 17.5 Å². The summed E-state index contributed by atoms with van der Waals surface area (Å²) in [6.45, 7) is 9.01. The molecule has 3 aromatic rings. The number of nitrogens with zero attached hydrogens (tertiary/aromatic N) is 3. The Balaban J connectivity index is 1.79. The molecule has 2 aromatic carbocycles. The van der Waals surface area contributed by atoms with Crippen molar-refractivity contribution in [2.75, 3.05) is 4.90 Å². The molecule has 1 fully saturated rings. The minimum Gasteiger partial charge on any atom is -0.318 e. The number of carbonyl (C=O) groups excluding carboxylic acids is 3. The van der Waals surface area contributed by atoms with Gasteiger partial charge in [-0.2, -0.15) is 0 Å². The first-order valence-electron chi connectivity index (χ1n) is 10.9. The van der Waals surface area contributed by atoms with Crippen molar-refractivity contribution in [3.8, 4) is 5.69 Å². The number of barbiturate groups is 1. The van der Waals surface area contributed by atoms with Crippen LogP contribution in [-0.4, -0.2) is 27.3 Å². The van der Waals surface area contributed by atoms with Crippen LogP contribution in [0.1, 0.15) is 33.6 Å². The summed E-state index contributed by atoms with van der Waals surface area (Å²) >= 11 is 0. The molecule has 0 unspecified atom stereocenters. The molecule has 4 rings (SSSR count). The number of aromatic nitrogens is 1. The first kappa shape index (κ1) is 23.6. The highest BCUT2D eigenvalue weighted by molar-refractivity contribution is 6.39. The van der Waals surface area contributed by atoms with Crippen LogP contribution in [0.5, 0.6) is 0 Å². The monoisotopic (exact) mass is 472 g/mol. The summed E-state index contributed by atoms with van der Waals surface area (Å²) in [7, 11) is 0. The van der Waals surface area contributed by atoms with Crippen LogP contribution < -0.4 is 10.2 Å². The van der Waals surface area contributed by atoms with Crippen LogP contribution in [0.25, 0.3) is 11.8 Å². The molecule has 9 nitrogen and oxygen atoms in total. The summed E-state index contributed by atoms with van der Waals surface area (Å²) in [4.78, 5) is 50.4. The van der Waals surface area contributed by atoms with Gasteiger partial charge < -0.3 is 4.57 Å². The second-order valence-electron chi connectivity index (χ2n) is 8.69. The van der Waals surface area contributed by atoms with E-state index in [0.717, 1.165) is 21.7 Å². The maximum atomic E-state index is 13.3. The lowest BCUT2D eigenvalue weighted by Crippen LogP contribution is -2.54. The van der Waals surface area contributed by atoms with Crippen molar-refractivity contribution in [3.05, 3.63) is 91.8 Å². The van der Waals surface area contributed by atoms with Crippen molar-refractivity contribution in [2.24, 2.45) is 0 Å². The van der Waals surface area contributed by atoms with Gasteiger partial charge in [0.15, 0.2) is 0 Å². The van der Waals surface area contributed by atoms with E-state index in [-0.39, 0.29) is 11.3 Å². The largest absolute Gasteiger partial charge is 0.335 e. The molecular weight excluding hydrogens is 448 g/mol. The molecule has 0 radical (unpaired) electrons. The lowest BCUT2D eigenvalue weighted by Gasteiger charge is -2.27.